The van der Waals surface area contributed by atoms with Gasteiger partial charge in [0.05, 0.1) is 0 Å². The first-order valence-electron chi connectivity index (χ1n) is 7.18. The van der Waals surface area contributed by atoms with E-state index in [9.17, 15) is 14.0 Å². The van der Waals surface area contributed by atoms with Gasteiger partial charge in [-0.1, -0.05) is 11.6 Å². The second kappa shape index (κ2) is 6.38. The molecule has 2 aromatic rings. The maximum Gasteiger partial charge on any atom is 0.251 e. The lowest BCUT2D eigenvalue weighted by Gasteiger charge is -2.17. The summed E-state index contributed by atoms with van der Waals surface area (Å²) in [6.45, 7) is 0.482. The van der Waals surface area contributed by atoms with Gasteiger partial charge in [-0.2, -0.15) is 0 Å². The predicted octanol–water partition coefficient (Wildman–Crippen LogP) is 3.01. The summed E-state index contributed by atoms with van der Waals surface area (Å²) in [4.78, 5) is 26.1. The Kier molecular flexibility index (Phi) is 4.30. The Bertz CT molecular complexity index is 731. The van der Waals surface area contributed by atoms with Gasteiger partial charge in [0.2, 0.25) is 5.91 Å². The largest absolute Gasteiger partial charge is 0.340 e. The monoisotopic (exact) mass is 332 g/mol. The molecule has 2 aromatic carbocycles. The minimum atomic E-state index is -0.580. The summed E-state index contributed by atoms with van der Waals surface area (Å²) in [6, 6.07) is 11.6. The van der Waals surface area contributed by atoms with Crippen LogP contribution in [0.25, 0.3) is 0 Å². The van der Waals surface area contributed by atoms with Gasteiger partial charge in [-0.15, -0.1) is 0 Å². The number of amides is 2. The summed E-state index contributed by atoms with van der Waals surface area (Å²) in [5.74, 6) is -0.868. The lowest BCUT2D eigenvalue weighted by molar-refractivity contribution is -0.118. The molecule has 3 rings (SSSR count). The first-order valence-corrected chi connectivity index (χ1v) is 7.56. The van der Waals surface area contributed by atoms with Crippen molar-refractivity contribution < 1.29 is 14.0 Å². The van der Waals surface area contributed by atoms with Crippen LogP contribution in [0, 0.1) is 5.82 Å². The number of hydrogen-bond donors (Lipinski definition) is 1. The first-order chi connectivity index (χ1) is 11.0. The number of benzene rings is 2. The Morgan fingerprint density at radius 3 is 2.43 bits per heavy atom. The van der Waals surface area contributed by atoms with E-state index in [4.69, 9.17) is 11.6 Å². The Labute approximate surface area is 137 Å². The summed E-state index contributed by atoms with van der Waals surface area (Å²) in [7, 11) is 0. The van der Waals surface area contributed by atoms with E-state index >= 15 is 0 Å². The minimum absolute atomic E-state index is 0.195. The second-order valence-corrected chi connectivity index (χ2v) is 5.72. The molecule has 0 spiro atoms. The number of nitrogens with one attached hydrogen (secondary N) is 1. The molecule has 1 aliphatic heterocycles. The average molecular weight is 333 g/mol. The smallest absolute Gasteiger partial charge is 0.251 e. The van der Waals surface area contributed by atoms with Crippen LogP contribution in [0.1, 0.15) is 16.8 Å². The molecule has 23 heavy (non-hydrogen) atoms. The predicted molar refractivity (Wildman–Crippen MR) is 86.1 cm³/mol. The molecule has 1 saturated heterocycles. The summed E-state index contributed by atoms with van der Waals surface area (Å²) in [6.07, 6.45) is 0.509. The highest BCUT2D eigenvalue weighted by atomic mass is 35.5. The molecular formula is C17H14ClFN2O2. The van der Waals surface area contributed by atoms with Crippen LogP contribution >= 0.6 is 11.6 Å². The minimum Gasteiger partial charge on any atom is -0.340 e. The highest BCUT2D eigenvalue weighted by molar-refractivity contribution is 6.30. The molecule has 1 heterocycles. The zero-order chi connectivity index (χ0) is 16.4. The van der Waals surface area contributed by atoms with Crippen molar-refractivity contribution in [2.75, 3.05) is 11.4 Å². The van der Waals surface area contributed by atoms with Crippen LogP contribution in [-0.4, -0.2) is 24.4 Å². The van der Waals surface area contributed by atoms with Crippen LogP contribution < -0.4 is 10.2 Å². The SMILES string of the molecule is O=C(N[C@@H]1CCN(c2ccc(F)cc2)C1=O)c1ccc(Cl)cc1. The molecule has 0 unspecified atom stereocenters. The molecule has 4 nitrogen and oxygen atoms in total. The van der Waals surface area contributed by atoms with Gasteiger partial charge in [-0.3, -0.25) is 9.59 Å². The van der Waals surface area contributed by atoms with E-state index in [0.717, 1.165) is 0 Å². The topological polar surface area (TPSA) is 49.4 Å². The van der Waals surface area contributed by atoms with Crippen LogP contribution in [0.2, 0.25) is 5.02 Å². The van der Waals surface area contributed by atoms with E-state index in [-0.39, 0.29) is 17.6 Å². The van der Waals surface area contributed by atoms with Crippen LogP contribution in [0.15, 0.2) is 48.5 Å². The molecule has 6 heteroatoms. The highest BCUT2D eigenvalue weighted by Crippen LogP contribution is 2.22. The molecule has 0 aromatic heterocycles. The van der Waals surface area contributed by atoms with Crippen molar-refractivity contribution in [2.45, 2.75) is 12.5 Å². The molecule has 1 atom stereocenters. The molecule has 1 fully saturated rings. The van der Waals surface area contributed by atoms with Gasteiger partial charge in [0, 0.05) is 22.8 Å². The fraction of sp³-hybridized carbons (Fsp3) is 0.176. The Balaban J connectivity index is 1.68. The molecule has 118 valence electrons. The van der Waals surface area contributed by atoms with E-state index < -0.39 is 6.04 Å². The average Bonchev–Trinajstić information content (AvgIpc) is 2.90. The molecule has 1 aliphatic rings. The zero-order valence-corrected chi connectivity index (χ0v) is 12.9. The van der Waals surface area contributed by atoms with Gasteiger partial charge in [-0.05, 0) is 55.0 Å². The molecule has 2 amide bonds. The number of nitrogens with zero attached hydrogens (tertiary/aromatic N) is 1. The maximum atomic E-state index is 13.0. The lowest BCUT2D eigenvalue weighted by atomic mass is 10.2. The van der Waals surface area contributed by atoms with Crippen molar-refractivity contribution >= 4 is 29.1 Å². The van der Waals surface area contributed by atoms with E-state index in [1.165, 1.54) is 12.1 Å². The number of anilines is 1. The molecule has 0 aliphatic carbocycles. The lowest BCUT2D eigenvalue weighted by Crippen LogP contribution is -2.41. The fourth-order valence-electron chi connectivity index (χ4n) is 2.53. The van der Waals surface area contributed by atoms with Gasteiger partial charge in [-0.25, -0.2) is 4.39 Å². The summed E-state index contributed by atoms with van der Waals surface area (Å²) < 4.78 is 13.0. The second-order valence-electron chi connectivity index (χ2n) is 5.29. The number of rotatable bonds is 3. The number of halogens is 2. The highest BCUT2D eigenvalue weighted by Gasteiger charge is 2.33. The number of hydrogen-bond acceptors (Lipinski definition) is 2. The maximum absolute atomic E-state index is 13.0. The molecule has 0 saturated carbocycles. The van der Waals surface area contributed by atoms with Crippen LogP contribution in [0.4, 0.5) is 10.1 Å². The van der Waals surface area contributed by atoms with Gasteiger partial charge in [0.1, 0.15) is 11.9 Å². The van der Waals surface area contributed by atoms with E-state index in [2.05, 4.69) is 5.32 Å². The van der Waals surface area contributed by atoms with Crippen LogP contribution in [-0.2, 0) is 4.79 Å². The van der Waals surface area contributed by atoms with E-state index in [0.29, 0.717) is 29.2 Å². The Morgan fingerprint density at radius 1 is 1.13 bits per heavy atom. The van der Waals surface area contributed by atoms with Crippen LogP contribution in [0.3, 0.4) is 0 Å². The standard InChI is InChI=1S/C17H14ClFN2O2/c18-12-3-1-11(2-4-12)16(22)20-15-9-10-21(17(15)23)14-7-5-13(19)6-8-14/h1-8,15H,9-10H2,(H,20,22)/t15-/m1/s1. The molecular weight excluding hydrogens is 319 g/mol. The van der Waals surface area contributed by atoms with Crippen molar-refractivity contribution in [2.24, 2.45) is 0 Å². The van der Waals surface area contributed by atoms with Gasteiger partial charge in [0.15, 0.2) is 0 Å². The van der Waals surface area contributed by atoms with Crippen molar-refractivity contribution in [1.82, 2.24) is 5.32 Å². The van der Waals surface area contributed by atoms with Crippen LogP contribution in [0.5, 0.6) is 0 Å². The quantitative estimate of drug-likeness (QED) is 0.939. The normalized spacial score (nSPS) is 17.4. The van der Waals surface area contributed by atoms with E-state index in [1.807, 2.05) is 0 Å². The molecule has 0 radical (unpaired) electrons. The molecule has 0 bridgehead atoms. The zero-order valence-electron chi connectivity index (χ0n) is 12.1. The Hall–Kier alpha value is -2.40. The third-order valence-corrected chi connectivity index (χ3v) is 4.01. The number of carbonyl (C=O) groups excluding carboxylic acids is 2. The third-order valence-electron chi connectivity index (χ3n) is 3.76. The van der Waals surface area contributed by atoms with E-state index in [1.54, 1.807) is 41.3 Å². The van der Waals surface area contributed by atoms with Crippen molar-refractivity contribution in [3.05, 3.63) is 64.9 Å². The van der Waals surface area contributed by atoms with Gasteiger partial charge < -0.3 is 10.2 Å². The van der Waals surface area contributed by atoms with Gasteiger partial charge >= 0.3 is 0 Å². The fourth-order valence-corrected chi connectivity index (χ4v) is 2.66. The summed E-state index contributed by atoms with van der Waals surface area (Å²) in [5, 5.41) is 3.27. The Morgan fingerprint density at radius 2 is 1.78 bits per heavy atom. The third kappa shape index (κ3) is 3.35. The first kappa shape index (κ1) is 15.5. The number of carbonyl (C=O) groups is 2. The summed E-state index contributed by atoms with van der Waals surface area (Å²) in [5.41, 5.74) is 1.07. The van der Waals surface area contributed by atoms with Crippen molar-refractivity contribution in [3.63, 3.8) is 0 Å². The summed E-state index contributed by atoms with van der Waals surface area (Å²) >= 11 is 5.79. The van der Waals surface area contributed by atoms with Crippen molar-refractivity contribution in [3.8, 4) is 0 Å². The molecule has 1 N–H and O–H groups in total. The van der Waals surface area contributed by atoms with Crippen molar-refractivity contribution in [1.29, 1.82) is 0 Å². The van der Waals surface area contributed by atoms with Gasteiger partial charge in [0.25, 0.3) is 5.91 Å².